The van der Waals surface area contributed by atoms with Gasteiger partial charge in [0.25, 0.3) is 0 Å². The average Bonchev–Trinajstić information content (AvgIpc) is 3.38. The quantitative estimate of drug-likeness (QED) is 0.801. The van der Waals surface area contributed by atoms with Gasteiger partial charge in [-0.15, -0.1) is 0 Å². The zero-order valence-electron chi connectivity index (χ0n) is 15.7. The molecule has 136 valence electrons. The first kappa shape index (κ1) is 16.9. The van der Waals surface area contributed by atoms with Crippen LogP contribution in [0.1, 0.15) is 62.5 Å². The van der Waals surface area contributed by atoms with Gasteiger partial charge in [-0.1, -0.05) is 12.1 Å². The minimum Gasteiger partial charge on any atom is -0.490 e. The number of amides is 1. The minimum absolute atomic E-state index is 0.241. The van der Waals surface area contributed by atoms with Gasteiger partial charge in [-0.25, -0.2) is 0 Å². The van der Waals surface area contributed by atoms with Crippen molar-refractivity contribution in [1.82, 2.24) is 4.90 Å². The van der Waals surface area contributed by atoms with Gasteiger partial charge in [0.15, 0.2) is 0 Å². The highest BCUT2D eigenvalue weighted by molar-refractivity contribution is 5.79. The molecular weight excluding hydrogens is 310 g/mol. The smallest absolute Gasteiger partial charge is 0.225 e. The maximum absolute atomic E-state index is 12.8. The zero-order chi connectivity index (χ0) is 17.4. The molecule has 0 radical (unpaired) electrons. The van der Waals surface area contributed by atoms with E-state index < -0.39 is 0 Å². The van der Waals surface area contributed by atoms with Crippen LogP contribution in [0.5, 0.6) is 5.75 Å². The second-order valence-corrected chi connectivity index (χ2v) is 8.69. The van der Waals surface area contributed by atoms with Crippen LogP contribution in [0.4, 0.5) is 0 Å². The standard InChI is InChI=1S/C22H31NO2/c1-16-3-4-17(2)20(15-16)25-19-7-13-23(14-8-19)21(24)18-5-9-22(10-6-18)11-12-22/h3-4,15,18-19H,5-14H2,1-2H3. The Hall–Kier alpha value is -1.51. The Morgan fingerprint density at radius 3 is 2.36 bits per heavy atom. The summed E-state index contributed by atoms with van der Waals surface area (Å²) in [5, 5.41) is 0. The number of hydrogen-bond donors (Lipinski definition) is 0. The molecule has 1 aromatic rings. The molecule has 0 unspecified atom stereocenters. The molecule has 3 aliphatic rings. The molecule has 0 N–H and O–H groups in total. The number of nitrogens with zero attached hydrogens (tertiary/aromatic N) is 1. The van der Waals surface area contributed by atoms with Crippen molar-refractivity contribution in [1.29, 1.82) is 0 Å². The van der Waals surface area contributed by atoms with Gasteiger partial charge in [0.2, 0.25) is 5.91 Å². The number of aryl methyl sites for hydroxylation is 2. The molecule has 3 nitrogen and oxygen atoms in total. The lowest BCUT2D eigenvalue weighted by Crippen LogP contribution is -2.45. The van der Waals surface area contributed by atoms with E-state index in [1.54, 1.807) is 0 Å². The minimum atomic E-state index is 0.241. The van der Waals surface area contributed by atoms with Gasteiger partial charge in [0.1, 0.15) is 11.9 Å². The summed E-state index contributed by atoms with van der Waals surface area (Å²) in [4.78, 5) is 14.9. The summed E-state index contributed by atoms with van der Waals surface area (Å²) >= 11 is 0. The normalized spacial score (nSPS) is 23.7. The molecule has 2 aliphatic carbocycles. The Morgan fingerprint density at radius 2 is 1.72 bits per heavy atom. The van der Waals surface area contributed by atoms with Crippen LogP contribution in [0.25, 0.3) is 0 Å². The fraction of sp³-hybridized carbons (Fsp3) is 0.682. The average molecular weight is 341 g/mol. The first-order valence-electron chi connectivity index (χ1n) is 10.1. The molecule has 0 atom stereocenters. The summed E-state index contributed by atoms with van der Waals surface area (Å²) in [5.41, 5.74) is 3.10. The molecule has 3 fully saturated rings. The van der Waals surface area contributed by atoms with Crippen LogP contribution < -0.4 is 4.74 Å². The third-order valence-electron chi connectivity index (χ3n) is 6.74. The molecule has 0 bridgehead atoms. The molecule has 2 saturated carbocycles. The molecule has 1 amide bonds. The van der Waals surface area contributed by atoms with Gasteiger partial charge >= 0.3 is 0 Å². The fourth-order valence-electron chi connectivity index (χ4n) is 4.62. The van der Waals surface area contributed by atoms with Crippen LogP contribution >= 0.6 is 0 Å². The van der Waals surface area contributed by atoms with E-state index in [4.69, 9.17) is 4.74 Å². The molecule has 1 spiro atoms. The number of likely N-dealkylation sites (tertiary alicyclic amines) is 1. The lowest BCUT2D eigenvalue weighted by Gasteiger charge is -2.36. The van der Waals surface area contributed by atoms with Crippen LogP contribution in [0.3, 0.4) is 0 Å². The number of carbonyl (C=O) groups excluding carboxylic acids is 1. The SMILES string of the molecule is Cc1ccc(C)c(OC2CCN(C(=O)C3CCC4(CC3)CC4)CC2)c1. The van der Waals surface area contributed by atoms with Gasteiger partial charge in [0.05, 0.1) is 0 Å². The summed E-state index contributed by atoms with van der Waals surface area (Å²) in [6.07, 6.45) is 9.79. The van der Waals surface area contributed by atoms with E-state index in [0.717, 1.165) is 44.5 Å². The predicted molar refractivity (Wildman–Crippen MR) is 99.8 cm³/mol. The van der Waals surface area contributed by atoms with E-state index in [-0.39, 0.29) is 6.10 Å². The van der Waals surface area contributed by atoms with Crippen LogP contribution in [0.2, 0.25) is 0 Å². The van der Waals surface area contributed by atoms with Crippen LogP contribution in [0.15, 0.2) is 18.2 Å². The summed E-state index contributed by atoms with van der Waals surface area (Å²) in [6, 6.07) is 6.38. The largest absolute Gasteiger partial charge is 0.490 e. The van der Waals surface area contributed by atoms with Crippen molar-refractivity contribution >= 4 is 5.91 Å². The van der Waals surface area contributed by atoms with Gasteiger partial charge in [-0.05, 0) is 75.0 Å². The van der Waals surface area contributed by atoms with Gasteiger partial charge in [-0.3, -0.25) is 4.79 Å². The van der Waals surface area contributed by atoms with Crippen molar-refractivity contribution in [3.05, 3.63) is 29.3 Å². The number of hydrogen-bond acceptors (Lipinski definition) is 2. The van der Waals surface area contributed by atoms with Crippen molar-refractivity contribution in [2.75, 3.05) is 13.1 Å². The molecule has 1 aliphatic heterocycles. The molecular formula is C22H31NO2. The molecule has 1 heterocycles. The molecule has 25 heavy (non-hydrogen) atoms. The van der Waals surface area contributed by atoms with E-state index >= 15 is 0 Å². The number of piperidine rings is 1. The Morgan fingerprint density at radius 1 is 1.04 bits per heavy atom. The van der Waals surface area contributed by atoms with Crippen LogP contribution in [-0.2, 0) is 4.79 Å². The summed E-state index contributed by atoms with van der Waals surface area (Å²) < 4.78 is 6.24. The highest BCUT2D eigenvalue weighted by Gasteiger charge is 2.46. The predicted octanol–water partition coefficient (Wildman–Crippen LogP) is 4.64. The Bertz CT molecular complexity index is 631. The fourth-order valence-corrected chi connectivity index (χ4v) is 4.62. The van der Waals surface area contributed by atoms with Gasteiger partial charge in [0, 0.05) is 31.8 Å². The van der Waals surface area contributed by atoms with Gasteiger partial charge < -0.3 is 9.64 Å². The molecule has 3 heteroatoms. The molecule has 1 aromatic carbocycles. The van der Waals surface area contributed by atoms with E-state index in [0.29, 0.717) is 17.2 Å². The number of ether oxygens (including phenoxy) is 1. The van der Waals surface area contributed by atoms with E-state index in [9.17, 15) is 4.79 Å². The Labute approximate surface area is 151 Å². The van der Waals surface area contributed by atoms with Crippen molar-refractivity contribution < 1.29 is 9.53 Å². The lowest BCUT2D eigenvalue weighted by molar-refractivity contribution is -0.138. The van der Waals surface area contributed by atoms with E-state index in [1.807, 2.05) is 0 Å². The second kappa shape index (κ2) is 6.66. The topological polar surface area (TPSA) is 29.5 Å². The summed E-state index contributed by atoms with van der Waals surface area (Å²) in [5.74, 6) is 1.72. The maximum atomic E-state index is 12.8. The van der Waals surface area contributed by atoms with Crippen molar-refractivity contribution in [3.63, 3.8) is 0 Å². The Kier molecular flexibility index (Phi) is 4.51. The highest BCUT2D eigenvalue weighted by Crippen LogP contribution is 2.57. The molecule has 0 aromatic heterocycles. The first-order valence-corrected chi connectivity index (χ1v) is 10.1. The maximum Gasteiger partial charge on any atom is 0.225 e. The van der Waals surface area contributed by atoms with E-state index in [1.165, 1.54) is 36.8 Å². The summed E-state index contributed by atoms with van der Waals surface area (Å²) in [7, 11) is 0. The third-order valence-corrected chi connectivity index (χ3v) is 6.74. The second-order valence-electron chi connectivity index (χ2n) is 8.69. The van der Waals surface area contributed by atoms with Crippen molar-refractivity contribution in [3.8, 4) is 5.75 Å². The summed E-state index contributed by atoms with van der Waals surface area (Å²) in [6.45, 7) is 5.92. The number of benzene rings is 1. The Balaban J connectivity index is 1.28. The highest BCUT2D eigenvalue weighted by atomic mass is 16.5. The van der Waals surface area contributed by atoms with E-state index in [2.05, 4.69) is 36.9 Å². The van der Waals surface area contributed by atoms with Gasteiger partial charge in [-0.2, -0.15) is 0 Å². The number of rotatable bonds is 3. The van der Waals surface area contributed by atoms with Crippen LogP contribution in [-0.4, -0.2) is 30.0 Å². The zero-order valence-corrected chi connectivity index (χ0v) is 15.7. The van der Waals surface area contributed by atoms with Crippen LogP contribution in [0, 0.1) is 25.2 Å². The number of carbonyl (C=O) groups is 1. The first-order chi connectivity index (χ1) is 12.0. The lowest BCUT2D eigenvalue weighted by atomic mass is 9.79. The van der Waals surface area contributed by atoms with Crippen molar-refractivity contribution in [2.45, 2.75) is 71.3 Å². The molecule has 1 saturated heterocycles. The monoisotopic (exact) mass is 341 g/mol. The van der Waals surface area contributed by atoms with Crippen molar-refractivity contribution in [2.24, 2.45) is 11.3 Å². The third kappa shape index (κ3) is 3.70. The molecule has 4 rings (SSSR count).